The van der Waals surface area contributed by atoms with Gasteiger partial charge in [0.05, 0.1) is 24.8 Å². The molecule has 8 heteroatoms. The highest BCUT2D eigenvalue weighted by Crippen LogP contribution is 2.41. The van der Waals surface area contributed by atoms with Gasteiger partial charge in [-0.3, -0.25) is 0 Å². The quantitative estimate of drug-likeness (QED) is 0.262. The Labute approximate surface area is 135 Å². The average molecular weight is 331 g/mol. The number of hydrogen-bond acceptors (Lipinski definition) is 5. The fourth-order valence-corrected chi connectivity index (χ4v) is 3.51. The third-order valence-electron chi connectivity index (χ3n) is 3.48. The van der Waals surface area contributed by atoms with Gasteiger partial charge in [-0.2, -0.15) is 0 Å². The van der Waals surface area contributed by atoms with Crippen molar-refractivity contribution in [2.45, 2.75) is 50.7 Å². The smallest absolute Gasteiger partial charge is 0.238 e. The minimum Gasteiger partial charge on any atom is -0.382 e. The Hall–Kier alpha value is -0.215. The van der Waals surface area contributed by atoms with Gasteiger partial charge in [-0.1, -0.05) is 6.92 Å². The van der Waals surface area contributed by atoms with Crippen molar-refractivity contribution < 1.29 is 23.3 Å². The summed E-state index contributed by atoms with van der Waals surface area (Å²) in [4.78, 5) is 3.27. The molecule has 1 fully saturated rings. The minimum absolute atomic E-state index is 0.00385. The first-order valence-electron chi connectivity index (χ1n) is 7.69. The Morgan fingerprint density at radius 3 is 2.73 bits per heavy atom. The van der Waals surface area contributed by atoms with Crippen LogP contribution in [0.15, 0.2) is 0 Å². The molecule has 0 radical (unpaired) electrons. The Kier molecular flexibility index (Phi) is 9.50. The van der Waals surface area contributed by atoms with Gasteiger partial charge >= 0.3 is 0 Å². The molecular formula is C14H27BNO5P. The van der Waals surface area contributed by atoms with Crippen molar-refractivity contribution in [1.29, 1.82) is 0 Å². The zero-order valence-electron chi connectivity index (χ0n) is 14.2. The van der Waals surface area contributed by atoms with Crippen LogP contribution in [0.4, 0.5) is 0 Å². The largest absolute Gasteiger partial charge is 0.382 e. The molecule has 0 aromatic heterocycles. The number of nitrogens with zero attached hydrogens (tertiary/aromatic N) is 1. The Balaban J connectivity index is 2.61. The molecule has 0 N–H and O–H groups in total. The molecule has 1 heterocycles. The summed E-state index contributed by atoms with van der Waals surface area (Å²) < 4.78 is 28.8. The number of methoxy groups -OCH3 is 1. The molecule has 22 heavy (non-hydrogen) atoms. The van der Waals surface area contributed by atoms with E-state index in [0.717, 1.165) is 6.42 Å². The first-order valence-corrected chi connectivity index (χ1v) is 9.32. The van der Waals surface area contributed by atoms with Crippen molar-refractivity contribution in [3.05, 3.63) is 11.4 Å². The highest BCUT2D eigenvalue weighted by molar-refractivity contribution is 7.46. The van der Waals surface area contributed by atoms with Crippen LogP contribution >= 0.6 is 8.38 Å². The summed E-state index contributed by atoms with van der Waals surface area (Å²) in [6, 6.07) is -0.0269. The van der Waals surface area contributed by atoms with Gasteiger partial charge in [0, 0.05) is 13.8 Å². The fraction of sp³-hybridized carbons (Fsp3) is 0.929. The highest BCUT2D eigenvalue weighted by atomic mass is 31.2. The summed E-state index contributed by atoms with van der Waals surface area (Å²) in [7, 11) is 2.62. The van der Waals surface area contributed by atoms with E-state index in [1.807, 2.05) is 21.4 Å². The van der Waals surface area contributed by atoms with Crippen molar-refractivity contribution in [1.82, 2.24) is 0 Å². The maximum absolute atomic E-state index is 6.77. The lowest BCUT2D eigenvalue weighted by Crippen LogP contribution is -2.39. The Morgan fingerprint density at radius 2 is 2.14 bits per heavy atom. The molecule has 0 aliphatic carbocycles. The average Bonchev–Trinajstić information content (AvgIpc) is 2.76. The fourth-order valence-electron chi connectivity index (χ4n) is 2.51. The first kappa shape index (κ1) is 19.8. The normalized spacial score (nSPS) is 30.9. The van der Waals surface area contributed by atoms with E-state index in [2.05, 4.69) is 11.8 Å². The van der Waals surface area contributed by atoms with Gasteiger partial charge in [-0.05, 0) is 13.3 Å². The van der Waals surface area contributed by atoms with E-state index in [-0.39, 0.29) is 30.4 Å². The van der Waals surface area contributed by atoms with E-state index in [4.69, 9.17) is 29.8 Å². The minimum atomic E-state index is -1.05. The van der Waals surface area contributed by atoms with Crippen molar-refractivity contribution in [3.8, 4) is 0 Å². The van der Waals surface area contributed by atoms with Crippen molar-refractivity contribution in [2.75, 3.05) is 33.5 Å². The topological polar surface area (TPSA) is 50.5 Å². The number of ether oxygens (including phenoxy) is 3. The molecule has 1 saturated heterocycles. The van der Waals surface area contributed by atoms with E-state index in [9.17, 15) is 0 Å². The van der Waals surface area contributed by atoms with Gasteiger partial charge < -0.3 is 28.1 Å². The van der Waals surface area contributed by atoms with Crippen molar-refractivity contribution >= 4 is 16.2 Å². The molecule has 1 rings (SSSR count). The summed E-state index contributed by atoms with van der Waals surface area (Å²) in [5, 5.41) is 0. The van der Waals surface area contributed by atoms with Gasteiger partial charge in [0.15, 0.2) is 8.38 Å². The second-order valence-corrected chi connectivity index (χ2v) is 6.73. The van der Waals surface area contributed by atoms with Gasteiger partial charge in [0.25, 0.3) is 0 Å². The summed E-state index contributed by atoms with van der Waals surface area (Å²) in [6.45, 7) is 14.0. The van der Waals surface area contributed by atoms with Crippen LogP contribution < -0.4 is 0 Å². The summed E-state index contributed by atoms with van der Waals surface area (Å²) in [5.41, 5.74) is 0. The van der Waals surface area contributed by atoms with Crippen LogP contribution in [0.3, 0.4) is 0 Å². The number of rotatable bonds is 10. The van der Waals surface area contributed by atoms with Gasteiger partial charge in [0.2, 0.25) is 6.54 Å². The molecular weight excluding hydrogens is 304 g/mol. The van der Waals surface area contributed by atoms with Crippen LogP contribution in [0.2, 0.25) is 0 Å². The monoisotopic (exact) mass is 331 g/mol. The van der Waals surface area contributed by atoms with E-state index >= 15 is 0 Å². The molecule has 0 aromatic rings. The molecule has 0 spiro atoms. The Bertz CT molecular complexity index is 357. The van der Waals surface area contributed by atoms with Crippen LogP contribution in [0.25, 0.3) is 4.85 Å². The molecule has 0 amide bonds. The van der Waals surface area contributed by atoms with Gasteiger partial charge in [-0.15, -0.1) is 0 Å². The van der Waals surface area contributed by atoms with Crippen LogP contribution in [-0.2, 0) is 23.3 Å². The van der Waals surface area contributed by atoms with E-state index < -0.39 is 8.38 Å². The van der Waals surface area contributed by atoms with Crippen LogP contribution in [-0.4, -0.2) is 71.8 Å². The molecule has 3 unspecified atom stereocenters. The first-order chi connectivity index (χ1) is 10.5. The van der Waals surface area contributed by atoms with E-state index in [1.54, 1.807) is 7.11 Å². The van der Waals surface area contributed by atoms with Gasteiger partial charge in [0.1, 0.15) is 26.7 Å². The van der Waals surface area contributed by atoms with E-state index in [0.29, 0.717) is 19.8 Å². The highest BCUT2D eigenvalue weighted by Gasteiger charge is 2.44. The van der Waals surface area contributed by atoms with Crippen LogP contribution in [0.5, 0.6) is 0 Å². The second-order valence-electron chi connectivity index (χ2n) is 5.38. The van der Waals surface area contributed by atoms with Crippen LogP contribution in [0.1, 0.15) is 20.3 Å². The lowest BCUT2D eigenvalue weighted by Gasteiger charge is -2.28. The summed E-state index contributed by atoms with van der Waals surface area (Å²) in [5.74, 6) is 0. The third kappa shape index (κ3) is 6.12. The maximum Gasteiger partial charge on any atom is 0.238 e. The molecule has 0 saturated carbocycles. The summed E-state index contributed by atoms with van der Waals surface area (Å²) in [6.07, 6.45) is 0.560. The molecule has 1 aliphatic rings. The predicted octanol–water partition coefficient (Wildman–Crippen LogP) is 1.44. The molecule has 1 aliphatic heterocycles. The Morgan fingerprint density at radius 1 is 1.41 bits per heavy atom. The molecule has 126 valence electrons. The number of hydrogen-bond donors (Lipinski definition) is 0. The van der Waals surface area contributed by atoms with Crippen molar-refractivity contribution in [3.63, 3.8) is 0 Å². The SMILES string of the molecule is B[C@@H]1O[C@H](CC)C(OP(C)OCC[N+]#[C-])[C@@H]1OC(C)COC. The zero-order valence-corrected chi connectivity index (χ0v) is 15.0. The lowest BCUT2D eigenvalue weighted by molar-refractivity contribution is -0.0737. The second kappa shape index (κ2) is 10.5. The standard InChI is InChI=1S/C14H27BNO5P/c1-6-11-12(21-22(5)18-8-7-16-3)13(14(15)20-11)19-10(2)9-17-4/h10-14H,6-9,15H2,1-2,4-5H3/t10?,11-,12?,13+,14-,22?/m1/s1. The molecule has 6 nitrogen and oxygen atoms in total. The summed E-state index contributed by atoms with van der Waals surface area (Å²) >= 11 is 0. The van der Waals surface area contributed by atoms with Crippen LogP contribution in [0, 0.1) is 6.57 Å². The zero-order chi connectivity index (χ0) is 16.5. The van der Waals surface area contributed by atoms with Crippen molar-refractivity contribution in [2.24, 2.45) is 0 Å². The molecule has 0 aromatic carbocycles. The van der Waals surface area contributed by atoms with E-state index in [1.165, 1.54) is 0 Å². The molecule has 6 atom stereocenters. The van der Waals surface area contributed by atoms with Gasteiger partial charge in [-0.25, -0.2) is 6.57 Å². The molecule has 0 bridgehead atoms. The maximum atomic E-state index is 6.77. The third-order valence-corrected chi connectivity index (χ3v) is 4.57. The predicted molar refractivity (Wildman–Crippen MR) is 88.8 cm³/mol. The lowest BCUT2D eigenvalue weighted by atomic mass is 9.92.